The van der Waals surface area contributed by atoms with Gasteiger partial charge in [0.1, 0.15) is 0 Å². The van der Waals surface area contributed by atoms with Crippen molar-refractivity contribution in [2.24, 2.45) is 0 Å². The molecule has 0 bridgehead atoms. The summed E-state index contributed by atoms with van der Waals surface area (Å²) in [5.41, 5.74) is 1.53. The summed E-state index contributed by atoms with van der Waals surface area (Å²) in [7, 11) is -3.64. The SMILES string of the molecule is O=C(CCCN1c2cccc3cccc(c23)S1(=O)=O)Nc1ccccc1C(=O)N1CCOCC1. The summed E-state index contributed by atoms with van der Waals surface area (Å²) in [6.07, 6.45) is 0.466. The summed E-state index contributed by atoms with van der Waals surface area (Å²) in [5, 5.41) is 4.43. The standard InChI is InChI=1S/C25H25N3O5S/c29-23(26-20-9-2-1-8-19(20)25(30)27-14-16-33-17-15-27)12-5-13-28-21-10-3-6-18-7-4-11-22(24(18)21)34(28,31)32/h1-4,6-11H,5,12-17H2,(H,26,29). The maximum Gasteiger partial charge on any atom is 0.265 e. The van der Waals surface area contributed by atoms with Crippen LogP contribution in [0.15, 0.2) is 65.6 Å². The van der Waals surface area contributed by atoms with E-state index in [1.807, 2.05) is 18.2 Å². The van der Waals surface area contributed by atoms with Crippen LogP contribution in [0.3, 0.4) is 0 Å². The van der Waals surface area contributed by atoms with E-state index in [-0.39, 0.29) is 24.8 Å². The average molecular weight is 480 g/mol. The third kappa shape index (κ3) is 4.01. The van der Waals surface area contributed by atoms with Crippen LogP contribution in [0.1, 0.15) is 23.2 Å². The van der Waals surface area contributed by atoms with Gasteiger partial charge in [-0.2, -0.15) is 0 Å². The van der Waals surface area contributed by atoms with Crippen LogP contribution in [-0.2, 0) is 19.6 Å². The third-order valence-electron chi connectivity index (χ3n) is 6.18. The molecule has 0 spiro atoms. The lowest BCUT2D eigenvalue weighted by molar-refractivity contribution is -0.116. The van der Waals surface area contributed by atoms with Gasteiger partial charge in [-0.3, -0.25) is 13.9 Å². The van der Waals surface area contributed by atoms with Gasteiger partial charge in [-0.15, -0.1) is 0 Å². The number of benzene rings is 3. The van der Waals surface area contributed by atoms with Crippen molar-refractivity contribution in [2.45, 2.75) is 17.7 Å². The van der Waals surface area contributed by atoms with Gasteiger partial charge in [-0.05, 0) is 36.1 Å². The summed E-state index contributed by atoms with van der Waals surface area (Å²) in [6.45, 7) is 2.22. The average Bonchev–Trinajstić information content (AvgIpc) is 3.08. The third-order valence-corrected chi connectivity index (χ3v) is 8.03. The van der Waals surface area contributed by atoms with E-state index in [1.54, 1.807) is 47.4 Å². The van der Waals surface area contributed by atoms with E-state index in [1.165, 1.54) is 4.31 Å². The first-order valence-corrected chi connectivity index (χ1v) is 12.7. The molecule has 5 rings (SSSR count). The molecule has 2 heterocycles. The van der Waals surface area contributed by atoms with E-state index in [2.05, 4.69) is 5.32 Å². The first-order valence-electron chi connectivity index (χ1n) is 11.3. The molecule has 3 aromatic carbocycles. The van der Waals surface area contributed by atoms with Crippen molar-refractivity contribution in [2.75, 3.05) is 42.5 Å². The van der Waals surface area contributed by atoms with E-state index in [4.69, 9.17) is 4.74 Å². The molecule has 176 valence electrons. The highest BCUT2D eigenvalue weighted by atomic mass is 32.2. The molecular formula is C25H25N3O5S. The highest BCUT2D eigenvalue weighted by Gasteiger charge is 2.35. The van der Waals surface area contributed by atoms with Gasteiger partial charge in [-0.1, -0.05) is 36.4 Å². The molecule has 2 aliphatic heterocycles. The van der Waals surface area contributed by atoms with Gasteiger partial charge in [0.2, 0.25) is 5.91 Å². The number of nitrogens with one attached hydrogen (secondary N) is 1. The Bertz CT molecular complexity index is 1360. The molecule has 9 heteroatoms. The normalized spacial score (nSPS) is 16.6. The molecule has 3 aromatic rings. The number of ether oxygens (including phenoxy) is 1. The Kier molecular flexibility index (Phi) is 5.97. The lowest BCUT2D eigenvalue weighted by Crippen LogP contribution is -2.41. The zero-order valence-electron chi connectivity index (χ0n) is 18.6. The Labute approximate surface area is 198 Å². The Balaban J connectivity index is 1.25. The molecule has 0 radical (unpaired) electrons. The number of anilines is 2. The second kappa shape index (κ2) is 9.08. The van der Waals surface area contributed by atoms with Crippen LogP contribution in [-0.4, -0.2) is 58.0 Å². The van der Waals surface area contributed by atoms with Crippen molar-refractivity contribution in [1.82, 2.24) is 4.90 Å². The lowest BCUT2D eigenvalue weighted by Gasteiger charge is -2.27. The number of hydrogen-bond acceptors (Lipinski definition) is 5. The van der Waals surface area contributed by atoms with Crippen LogP contribution in [0, 0.1) is 0 Å². The van der Waals surface area contributed by atoms with Crippen molar-refractivity contribution >= 4 is 44.0 Å². The fourth-order valence-corrected chi connectivity index (χ4v) is 6.26. The van der Waals surface area contributed by atoms with Crippen molar-refractivity contribution in [3.63, 3.8) is 0 Å². The maximum absolute atomic E-state index is 13.1. The minimum Gasteiger partial charge on any atom is -0.378 e. The minimum absolute atomic E-state index is 0.123. The topological polar surface area (TPSA) is 96.0 Å². The molecule has 2 amide bonds. The maximum atomic E-state index is 13.1. The Morgan fingerprint density at radius 1 is 0.941 bits per heavy atom. The number of para-hydroxylation sites is 1. The quantitative estimate of drug-likeness (QED) is 0.586. The summed E-state index contributed by atoms with van der Waals surface area (Å²) < 4.78 is 32.8. The van der Waals surface area contributed by atoms with Crippen molar-refractivity contribution < 1.29 is 22.7 Å². The summed E-state index contributed by atoms with van der Waals surface area (Å²) in [4.78, 5) is 27.6. The van der Waals surface area contributed by atoms with Gasteiger partial charge < -0.3 is 15.0 Å². The number of hydrogen-bond donors (Lipinski definition) is 1. The first-order chi connectivity index (χ1) is 16.5. The smallest absolute Gasteiger partial charge is 0.265 e. The number of amides is 2. The lowest BCUT2D eigenvalue weighted by atomic mass is 10.1. The molecule has 0 saturated carbocycles. The van der Waals surface area contributed by atoms with Gasteiger partial charge in [0.15, 0.2) is 0 Å². The van der Waals surface area contributed by atoms with Gasteiger partial charge in [0.25, 0.3) is 15.9 Å². The Morgan fingerprint density at radius 2 is 1.68 bits per heavy atom. The Morgan fingerprint density at radius 3 is 2.47 bits per heavy atom. The van der Waals surface area contributed by atoms with Gasteiger partial charge in [0, 0.05) is 31.4 Å². The fourth-order valence-electron chi connectivity index (χ4n) is 4.51. The van der Waals surface area contributed by atoms with Gasteiger partial charge in [0.05, 0.1) is 35.0 Å². The predicted octanol–water partition coefficient (Wildman–Crippen LogP) is 3.24. The number of rotatable bonds is 6. The summed E-state index contributed by atoms with van der Waals surface area (Å²) in [5.74, 6) is -0.414. The van der Waals surface area contributed by atoms with E-state index in [0.717, 1.165) is 10.8 Å². The summed E-state index contributed by atoms with van der Waals surface area (Å²) in [6, 6.07) is 17.7. The molecule has 0 aromatic heterocycles. The minimum atomic E-state index is -3.64. The molecule has 1 saturated heterocycles. The largest absolute Gasteiger partial charge is 0.378 e. The predicted molar refractivity (Wildman–Crippen MR) is 130 cm³/mol. The Hall–Kier alpha value is -3.43. The molecule has 0 atom stereocenters. The number of morpholine rings is 1. The van der Waals surface area contributed by atoms with Crippen LogP contribution in [0.25, 0.3) is 10.8 Å². The molecule has 34 heavy (non-hydrogen) atoms. The monoisotopic (exact) mass is 479 g/mol. The van der Waals surface area contributed by atoms with Crippen LogP contribution in [0.4, 0.5) is 11.4 Å². The number of carbonyl (C=O) groups is 2. The molecule has 0 aliphatic carbocycles. The molecule has 0 unspecified atom stereocenters. The van der Waals surface area contributed by atoms with Gasteiger partial charge in [-0.25, -0.2) is 8.42 Å². The van der Waals surface area contributed by atoms with Crippen molar-refractivity contribution in [3.8, 4) is 0 Å². The van der Waals surface area contributed by atoms with Gasteiger partial charge >= 0.3 is 0 Å². The number of carbonyl (C=O) groups excluding carboxylic acids is 2. The van der Waals surface area contributed by atoms with E-state index in [0.29, 0.717) is 54.6 Å². The number of sulfonamides is 1. The van der Waals surface area contributed by atoms with Crippen molar-refractivity contribution in [1.29, 1.82) is 0 Å². The zero-order valence-corrected chi connectivity index (χ0v) is 19.4. The molecule has 1 fully saturated rings. The summed E-state index contributed by atoms with van der Waals surface area (Å²) >= 11 is 0. The molecular weight excluding hydrogens is 454 g/mol. The second-order valence-electron chi connectivity index (χ2n) is 8.31. The van der Waals surface area contributed by atoms with Crippen LogP contribution < -0.4 is 9.62 Å². The van der Waals surface area contributed by atoms with Crippen molar-refractivity contribution in [3.05, 3.63) is 66.2 Å². The van der Waals surface area contributed by atoms with E-state index >= 15 is 0 Å². The second-order valence-corrected chi connectivity index (χ2v) is 10.1. The fraction of sp³-hybridized carbons (Fsp3) is 0.280. The highest BCUT2D eigenvalue weighted by Crippen LogP contribution is 2.42. The van der Waals surface area contributed by atoms with Crippen LogP contribution >= 0.6 is 0 Å². The first kappa shape index (κ1) is 22.4. The molecule has 2 aliphatic rings. The van der Waals surface area contributed by atoms with E-state index < -0.39 is 10.0 Å². The zero-order chi connectivity index (χ0) is 23.7. The van der Waals surface area contributed by atoms with Crippen LogP contribution in [0.2, 0.25) is 0 Å². The molecule has 1 N–H and O–H groups in total. The molecule has 8 nitrogen and oxygen atoms in total. The number of nitrogens with zero attached hydrogens (tertiary/aromatic N) is 2. The van der Waals surface area contributed by atoms with E-state index in [9.17, 15) is 18.0 Å². The van der Waals surface area contributed by atoms with Crippen LogP contribution in [0.5, 0.6) is 0 Å². The highest BCUT2D eigenvalue weighted by molar-refractivity contribution is 7.93.